The Morgan fingerprint density at radius 3 is 1.66 bits per heavy atom. The Kier molecular flexibility index (Phi) is 6.51. The summed E-state index contributed by atoms with van der Waals surface area (Å²) in [7, 11) is 0. The van der Waals surface area contributed by atoms with Crippen LogP contribution in [0.2, 0.25) is 0 Å². The molecular weight excluding hydrogens is 534 g/mol. The summed E-state index contributed by atoms with van der Waals surface area (Å²) in [6, 6.07) is 62.1. The first-order chi connectivity index (χ1) is 21.8. The number of fused-ring (bicyclic) bond motifs is 3. The van der Waals surface area contributed by atoms with Crippen molar-refractivity contribution in [3.05, 3.63) is 176 Å². The van der Waals surface area contributed by atoms with E-state index in [4.69, 9.17) is 4.42 Å². The average molecular weight is 564 g/mol. The summed E-state index contributed by atoms with van der Waals surface area (Å²) in [4.78, 5) is 2.41. The van der Waals surface area contributed by atoms with Gasteiger partial charge in [0.15, 0.2) is 0 Å². The van der Waals surface area contributed by atoms with Gasteiger partial charge in [0, 0.05) is 22.2 Å². The molecule has 8 aromatic rings. The second kappa shape index (κ2) is 11.1. The fourth-order valence-electron chi connectivity index (χ4n) is 6.23. The van der Waals surface area contributed by atoms with Crippen molar-refractivity contribution < 1.29 is 4.42 Å². The molecule has 44 heavy (non-hydrogen) atoms. The molecular formula is C42H29NO. The van der Waals surface area contributed by atoms with Gasteiger partial charge >= 0.3 is 0 Å². The number of furan rings is 1. The molecule has 2 heteroatoms. The van der Waals surface area contributed by atoms with Crippen molar-refractivity contribution in [1.29, 1.82) is 0 Å². The molecule has 0 unspecified atom stereocenters. The fourth-order valence-corrected chi connectivity index (χ4v) is 6.23. The summed E-state index contributed by atoms with van der Waals surface area (Å²) in [5, 5.41) is 2.19. The van der Waals surface area contributed by atoms with E-state index in [1.165, 1.54) is 16.7 Å². The van der Waals surface area contributed by atoms with Gasteiger partial charge in [-0.1, -0.05) is 140 Å². The highest BCUT2D eigenvalue weighted by molar-refractivity contribution is 6.17. The highest BCUT2D eigenvalue weighted by Gasteiger charge is 2.25. The van der Waals surface area contributed by atoms with Gasteiger partial charge in [0.05, 0.1) is 16.8 Å². The van der Waals surface area contributed by atoms with Crippen LogP contribution in [0.4, 0.5) is 17.1 Å². The predicted molar refractivity (Wildman–Crippen MR) is 185 cm³/mol. The molecule has 0 atom stereocenters. The molecule has 0 aliphatic rings. The van der Waals surface area contributed by atoms with Gasteiger partial charge in [0.1, 0.15) is 11.2 Å². The Hall–Kier alpha value is -5.86. The van der Waals surface area contributed by atoms with Crippen LogP contribution in [-0.2, 0) is 0 Å². The maximum absolute atomic E-state index is 6.47. The Labute approximate surface area is 257 Å². The molecule has 0 saturated carbocycles. The minimum Gasteiger partial charge on any atom is -0.456 e. The van der Waals surface area contributed by atoms with Gasteiger partial charge in [0.2, 0.25) is 0 Å². The SMILES string of the molecule is c1ccc(-c2ccc(-c3ccc4oc5ccccc5c4c3N(c3ccccc3)c3ccccc3-c3ccccc3)cc2)cc1. The highest BCUT2D eigenvalue weighted by Crippen LogP contribution is 2.50. The fraction of sp³-hybridized carbons (Fsp3) is 0. The van der Waals surface area contributed by atoms with Gasteiger partial charge in [-0.2, -0.15) is 0 Å². The zero-order valence-electron chi connectivity index (χ0n) is 24.1. The van der Waals surface area contributed by atoms with E-state index in [0.717, 1.165) is 55.7 Å². The van der Waals surface area contributed by atoms with Crippen LogP contribution in [-0.4, -0.2) is 0 Å². The quantitative estimate of drug-likeness (QED) is 0.200. The maximum Gasteiger partial charge on any atom is 0.137 e. The lowest BCUT2D eigenvalue weighted by atomic mass is 9.95. The van der Waals surface area contributed by atoms with Crippen LogP contribution in [0.3, 0.4) is 0 Å². The molecule has 0 aliphatic heterocycles. The number of benzene rings is 7. The standard InChI is InChI=1S/C42H29NO/c1-4-14-30(15-5-1)31-24-26-33(27-25-31)36-28-29-40-41(37-21-11-13-23-39(37)44-40)42(36)43(34-18-8-3-9-19-34)38-22-12-10-20-35(38)32-16-6-2-7-17-32/h1-29H. The number of nitrogens with zero attached hydrogens (tertiary/aromatic N) is 1. The minimum absolute atomic E-state index is 0.865. The third-order valence-corrected chi connectivity index (χ3v) is 8.29. The molecule has 0 saturated heterocycles. The molecule has 0 bridgehead atoms. The molecule has 208 valence electrons. The summed E-state index contributed by atoms with van der Waals surface area (Å²) < 4.78 is 6.47. The summed E-state index contributed by atoms with van der Waals surface area (Å²) >= 11 is 0. The van der Waals surface area contributed by atoms with Crippen LogP contribution in [0.5, 0.6) is 0 Å². The van der Waals surface area contributed by atoms with Crippen LogP contribution in [0.1, 0.15) is 0 Å². The summed E-state index contributed by atoms with van der Waals surface area (Å²) in [5.41, 5.74) is 12.0. The largest absolute Gasteiger partial charge is 0.456 e. The van der Waals surface area contributed by atoms with E-state index in [9.17, 15) is 0 Å². The molecule has 0 N–H and O–H groups in total. The van der Waals surface area contributed by atoms with Crippen molar-refractivity contribution in [2.75, 3.05) is 4.90 Å². The number of hydrogen-bond acceptors (Lipinski definition) is 2. The first kappa shape index (κ1) is 25.8. The monoisotopic (exact) mass is 563 g/mol. The number of hydrogen-bond donors (Lipinski definition) is 0. The number of rotatable bonds is 6. The van der Waals surface area contributed by atoms with Crippen LogP contribution >= 0.6 is 0 Å². The molecule has 1 aromatic heterocycles. The van der Waals surface area contributed by atoms with Crippen molar-refractivity contribution in [2.24, 2.45) is 0 Å². The van der Waals surface area contributed by atoms with Crippen LogP contribution < -0.4 is 4.90 Å². The van der Waals surface area contributed by atoms with Gasteiger partial charge < -0.3 is 9.32 Å². The number of para-hydroxylation sites is 3. The lowest BCUT2D eigenvalue weighted by Crippen LogP contribution is -2.13. The molecule has 0 radical (unpaired) electrons. The van der Waals surface area contributed by atoms with Crippen molar-refractivity contribution in [2.45, 2.75) is 0 Å². The molecule has 1 heterocycles. The normalized spacial score (nSPS) is 11.2. The van der Waals surface area contributed by atoms with Gasteiger partial charge in [-0.25, -0.2) is 0 Å². The van der Waals surface area contributed by atoms with E-state index >= 15 is 0 Å². The first-order valence-electron chi connectivity index (χ1n) is 14.9. The van der Waals surface area contributed by atoms with Gasteiger partial charge in [-0.05, 0) is 58.7 Å². The first-order valence-corrected chi connectivity index (χ1v) is 14.9. The van der Waals surface area contributed by atoms with Gasteiger partial charge in [-0.3, -0.25) is 0 Å². The number of anilines is 3. The van der Waals surface area contributed by atoms with E-state index in [-0.39, 0.29) is 0 Å². The topological polar surface area (TPSA) is 16.4 Å². The van der Waals surface area contributed by atoms with E-state index < -0.39 is 0 Å². The predicted octanol–water partition coefficient (Wildman–Crippen LogP) is 12.1. The van der Waals surface area contributed by atoms with E-state index in [2.05, 4.69) is 175 Å². The third kappa shape index (κ3) is 4.54. The van der Waals surface area contributed by atoms with Crippen molar-refractivity contribution in [3.8, 4) is 33.4 Å². The van der Waals surface area contributed by atoms with Crippen LogP contribution in [0.25, 0.3) is 55.3 Å². The van der Waals surface area contributed by atoms with Gasteiger partial charge in [-0.15, -0.1) is 0 Å². The van der Waals surface area contributed by atoms with Crippen LogP contribution in [0, 0.1) is 0 Å². The van der Waals surface area contributed by atoms with Crippen LogP contribution in [0.15, 0.2) is 180 Å². The Morgan fingerprint density at radius 2 is 0.909 bits per heavy atom. The van der Waals surface area contributed by atoms with Gasteiger partial charge in [0.25, 0.3) is 0 Å². The second-order valence-corrected chi connectivity index (χ2v) is 10.9. The van der Waals surface area contributed by atoms with Crippen molar-refractivity contribution >= 4 is 39.0 Å². The molecule has 2 nitrogen and oxygen atoms in total. The van der Waals surface area contributed by atoms with E-state index in [1.807, 2.05) is 6.07 Å². The lowest BCUT2D eigenvalue weighted by Gasteiger charge is -2.30. The molecule has 0 spiro atoms. The zero-order valence-corrected chi connectivity index (χ0v) is 24.1. The molecule has 8 rings (SSSR count). The summed E-state index contributed by atoms with van der Waals surface area (Å²) in [6.07, 6.45) is 0. The average Bonchev–Trinajstić information content (AvgIpc) is 3.49. The third-order valence-electron chi connectivity index (χ3n) is 8.29. The Bertz CT molecular complexity index is 2200. The maximum atomic E-state index is 6.47. The lowest BCUT2D eigenvalue weighted by molar-refractivity contribution is 0.669. The minimum atomic E-state index is 0.865. The molecule has 0 amide bonds. The molecule has 0 fully saturated rings. The summed E-state index contributed by atoms with van der Waals surface area (Å²) in [5.74, 6) is 0. The van der Waals surface area contributed by atoms with E-state index in [0.29, 0.717) is 0 Å². The van der Waals surface area contributed by atoms with E-state index in [1.54, 1.807) is 0 Å². The Balaban J connectivity index is 1.44. The Morgan fingerprint density at radius 1 is 0.364 bits per heavy atom. The molecule has 0 aliphatic carbocycles. The summed E-state index contributed by atoms with van der Waals surface area (Å²) in [6.45, 7) is 0. The van der Waals surface area contributed by atoms with Crippen molar-refractivity contribution in [3.63, 3.8) is 0 Å². The second-order valence-electron chi connectivity index (χ2n) is 10.9. The highest BCUT2D eigenvalue weighted by atomic mass is 16.3. The zero-order chi connectivity index (χ0) is 29.3. The molecule has 7 aromatic carbocycles. The van der Waals surface area contributed by atoms with Crippen molar-refractivity contribution in [1.82, 2.24) is 0 Å². The smallest absolute Gasteiger partial charge is 0.137 e.